The molecule has 0 spiro atoms. The Morgan fingerprint density at radius 3 is 2.53 bits per heavy atom. The van der Waals surface area contributed by atoms with Crippen LogP contribution in [0.5, 0.6) is 0 Å². The van der Waals surface area contributed by atoms with Gasteiger partial charge in [0.2, 0.25) is 0 Å². The number of carbonyl (C=O) groups is 1. The van der Waals surface area contributed by atoms with Crippen molar-refractivity contribution >= 4 is 33.3 Å². The first-order chi connectivity index (χ1) is 8.97. The largest absolute Gasteiger partial charge is 0.294 e. The Morgan fingerprint density at radius 2 is 1.89 bits per heavy atom. The van der Waals surface area contributed by atoms with E-state index in [9.17, 15) is 4.79 Å². The summed E-state index contributed by atoms with van der Waals surface area (Å²) in [7, 11) is 0. The smallest absolute Gasteiger partial charge is 0.167 e. The fraction of sp³-hybridized carbons (Fsp3) is 0.188. The Balaban J connectivity index is 2.25. The lowest BCUT2D eigenvalue weighted by atomic mass is 9.99. The number of hydrogen-bond donors (Lipinski definition) is 0. The molecule has 0 bridgehead atoms. The van der Waals surface area contributed by atoms with Gasteiger partial charge in [0.15, 0.2) is 5.78 Å². The first-order valence-corrected chi connectivity index (χ1v) is 7.19. The number of Topliss-reactive ketones (excluding diaryl/α,β-unsaturated/α-hetero) is 1. The molecule has 2 aromatic carbocycles. The van der Waals surface area contributed by atoms with Gasteiger partial charge in [0, 0.05) is 21.5 Å². The van der Waals surface area contributed by atoms with E-state index in [1.807, 2.05) is 50.2 Å². The SMILES string of the molecule is Cc1ccc(CC(=O)c2ccc(Br)cc2C)c(Cl)c1. The highest BCUT2D eigenvalue weighted by atomic mass is 79.9. The van der Waals surface area contributed by atoms with Crippen molar-refractivity contribution in [2.45, 2.75) is 20.3 Å². The van der Waals surface area contributed by atoms with Gasteiger partial charge in [-0.3, -0.25) is 4.79 Å². The predicted octanol–water partition coefficient (Wildman–Crippen LogP) is 5.14. The number of aryl methyl sites for hydroxylation is 2. The highest BCUT2D eigenvalue weighted by Gasteiger charge is 2.12. The molecule has 98 valence electrons. The number of halogens is 2. The van der Waals surface area contributed by atoms with E-state index in [4.69, 9.17) is 11.6 Å². The minimum Gasteiger partial charge on any atom is -0.294 e. The fourth-order valence-corrected chi connectivity index (χ4v) is 2.78. The molecule has 0 amide bonds. The number of hydrogen-bond acceptors (Lipinski definition) is 1. The van der Waals surface area contributed by atoms with Gasteiger partial charge >= 0.3 is 0 Å². The maximum Gasteiger partial charge on any atom is 0.167 e. The third kappa shape index (κ3) is 3.46. The van der Waals surface area contributed by atoms with Crippen LogP contribution in [0.2, 0.25) is 5.02 Å². The number of carbonyl (C=O) groups excluding carboxylic acids is 1. The minimum absolute atomic E-state index is 0.0933. The summed E-state index contributed by atoms with van der Waals surface area (Å²) in [4.78, 5) is 12.3. The topological polar surface area (TPSA) is 17.1 Å². The van der Waals surface area contributed by atoms with Crippen LogP contribution >= 0.6 is 27.5 Å². The molecule has 1 nitrogen and oxygen atoms in total. The molecule has 2 rings (SSSR count). The molecule has 0 aliphatic rings. The Kier molecular flexibility index (Phi) is 4.43. The van der Waals surface area contributed by atoms with Gasteiger partial charge in [-0.2, -0.15) is 0 Å². The second-order valence-corrected chi connectivity index (χ2v) is 5.98. The summed E-state index contributed by atoms with van der Waals surface area (Å²) in [6.07, 6.45) is 0.335. The van der Waals surface area contributed by atoms with E-state index in [-0.39, 0.29) is 5.78 Å². The lowest BCUT2D eigenvalue weighted by Crippen LogP contribution is -2.06. The quantitative estimate of drug-likeness (QED) is 0.708. The predicted molar refractivity (Wildman–Crippen MR) is 83.1 cm³/mol. The molecular formula is C16H14BrClO. The highest BCUT2D eigenvalue weighted by Crippen LogP contribution is 2.22. The van der Waals surface area contributed by atoms with E-state index in [1.165, 1.54) is 0 Å². The number of rotatable bonds is 3. The van der Waals surface area contributed by atoms with Crippen LogP contribution in [0.25, 0.3) is 0 Å². The van der Waals surface area contributed by atoms with Crippen molar-refractivity contribution < 1.29 is 4.79 Å². The molecule has 0 fully saturated rings. The molecule has 2 aromatic rings. The van der Waals surface area contributed by atoms with Crippen LogP contribution in [0.3, 0.4) is 0 Å². The Labute approximate surface area is 126 Å². The summed E-state index contributed by atoms with van der Waals surface area (Å²) in [6, 6.07) is 11.5. The van der Waals surface area contributed by atoms with Crippen LogP contribution in [0.4, 0.5) is 0 Å². The molecule has 0 N–H and O–H groups in total. The van der Waals surface area contributed by atoms with Gasteiger partial charge in [0.05, 0.1) is 0 Å². The molecule has 0 saturated heterocycles. The van der Waals surface area contributed by atoms with Crippen LogP contribution < -0.4 is 0 Å². The van der Waals surface area contributed by atoms with Crippen molar-refractivity contribution in [1.82, 2.24) is 0 Å². The maximum absolute atomic E-state index is 12.3. The van der Waals surface area contributed by atoms with Crippen molar-refractivity contribution in [3.63, 3.8) is 0 Å². The zero-order valence-electron chi connectivity index (χ0n) is 10.8. The van der Waals surface area contributed by atoms with E-state index in [1.54, 1.807) is 0 Å². The van der Waals surface area contributed by atoms with Gasteiger partial charge in [-0.05, 0) is 48.7 Å². The summed E-state index contributed by atoms with van der Waals surface area (Å²) in [5.74, 6) is 0.0933. The normalized spacial score (nSPS) is 10.5. The Bertz CT molecular complexity index is 635. The summed E-state index contributed by atoms with van der Waals surface area (Å²) in [5, 5.41) is 0.656. The van der Waals surface area contributed by atoms with Crippen molar-refractivity contribution in [3.05, 3.63) is 68.1 Å². The van der Waals surface area contributed by atoms with Crippen LogP contribution in [0.15, 0.2) is 40.9 Å². The molecule has 0 radical (unpaired) electrons. The van der Waals surface area contributed by atoms with Crippen molar-refractivity contribution in [1.29, 1.82) is 0 Å². The molecular weight excluding hydrogens is 324 g/mol. The van der Waals surface area contributed by atoms with E-state index in [0.717, 1.165) is 26.7 Å². The molecule has 0 aliphatic heterocycles. The molecule has 0 aliphatic carbocycles. The van der Waals surface area contributed by atoms with Crippen molar-refractivity contribution in [2.75, 3.05) is 0 Å². The third-order valence-electron chi connectivity index (χ3n) is 3.05. The van der Waals surface area contributed by atoms with Crippen LogP contribution in [-0.4, -0.2) is 5.78 Å². The minimum atomic E-state index is 0.0933. The molecule has 0 atom stereocenters. The fourth-order valence-electron chi connectivity index (χ4n) is 2.00. The summed E-state index contributed by atoms with van der Waals surface area (Å²) in [6.45, 7) is 3.92. The molecule has 0 saturated carbocycles. The number of benzene rings is 2. The van der Waals surface area contributed by atoms with Gasteiger partial charge in [-0.15, -0.1) is 0 Å². The van der Waals surface area contributed by atoms with Crippen LogP contribution in [0, 0.1) is 13.8 Å². The van der Waals surface area contributed by atoms with Crippen molar-refractivity contribution in [3.8, 4) is 0 Å². The molecule has 0 heterocycles. The van der Waals surface area contributed by atoms with E-state index in [0.29, 0.717) is 11.4 Å². The Morgan fingerprint density at radius 1 is 1.16 bits per heavy atom. The van der Waals surface area contributed by atoms with Crippen LogP contribution in [-0.2, 0) is 6.42 Å². The lowest BCUT2D eigenvalue weighted by molar-refractivity contribution is 0.0992. The maximum atomic E-state index is 12.3. The standard InChI is InChI=1S/C16H14BrClO/c1-10-3-4-12(15(18)7-10)9-16(19)14-6-5-13(17)8-11(14)2/h3-8H,9H2,1-2H3. The summed E-state index contributed by atoms with van der Waals surface area (Å²) in [5.41, 5.74) is 3.70. The highest BCUT2D eigenvalue weighted by molar-refractivity contribution is 9.10. The lowest BCUT2D eigenvalue weighted by Gasteiger charge is -2.07. The zero-order valence-corrected chi connectivity index (χ0v) is 13.2. The molecule has 19 heavy (non-hydrogen) atoms. The Hall–Kier alpha value is -1.12. The van der Waals surface area contributed by atoms with E-state index in [2.05, 4.69) is 15.9 Å². The molecule has 0 unspecified atom stereocenters. The monoisotopic (exact) mass is 336 g/mol. The van der Waals surface area contributed by atoms with Crippen LogP contribution in [0.1, 0.15) is 27.0 Å². The van der Waals surface area contributed by atoms with Gasteiger partial charge in [0.25, 0.3) is 0 Å². The third-order valence-corrected chi connectivity index (χ3v) is 3.89. The number of ketones is 1. The van der Waals surface area contributed by atoms with Gasteiger partial charge in [-0.25, -0.2) is 0 Å². The molecule has 3 heteroatoms. The first-order valence-electron chi connectivity index (χ1n) is 6.02. The van der Waals surface area contributed by atoms with E-state index < -0.39 is 0 Å². The zero-order chi connectivity index (χ0) is 14.0. The molecule has 0 aromatic heterocycles. The van der Waals surface area contributed by atoms with Crippen molar-refractivity contribution in [2.24, 2.45) is 0 Å². The van der Waals surface area contributed by atoms with Gasteiger partial charge < -0.3 is 0 Å². The van der Waals surface area contributed by atoms with E-state index >= 15 is 0 Å². The average Bonchev–Trinajstić information content (AvgIpc) is 2.32. The first kappa shape index (κ1) is 14.3. The average molecular weight is 338 g/mol. The van der Waals surface area contributed by atoms with Gasteiger partial charge in [0.1, 0.15) is 0 Å². The second-order valence-electron chi connectivity index (χ2n) is 4.65. The summed E-state index contributed by atoms with van der Waals surface area (Å²) >= 11 is 9.57. The van der Waals surface area contributed by atoms with Gasteiger partial charge in [-0.1, -0.05) is 45.7 Å². The summed E-state index contributed by atoms with van der Waals surface area (Å²) < 4.78 is 0.981. The second kappa shape index (κ2) is 5.89.